The number of hydrogen-bond donors (Lipinski definition) is 1. The average Bonchev–Trinajstić information content (AvgIpc) is 2.70. The van der Waals surface area contributed by atoms with E-state index < -0.39 is 0 Å². The maximum atomic E-state index is 12.5. The molecule has 1 aliphatic heterocycles. The Balaban J connectivity index is 1.47. The maximum absolute atomic E-state index is 12.5. The standard InChI is InChI=1S/C21H29N5O/c1-4-25(3)20-8-6-17(14-23-20)15-26-11-9-18(10-12-26)21(27)24-19-7-5-16(2)13-22-19/h5-8,13-14,18H,4,9-12,15H2,1-3H3,(H,22,24,27). The highest BCUT2D eigenvalue weighted by molar-refractivity contribution is 5.91. The topological polar surface area (TPSA) is 61.4 Å². The Hall–Kier alpha value is -2.47. The van der Waals surface area contributed by atoms with Crippen molar-refractivity contribution in [3.8, 4) is 0 Å². The van der Waals surface area contributed by atoms with Crippen LogP contribution in [0.1, 0.15) is 30.9 Å². The summed E-state index contributed by atoms with van der Waals surface area (Å²) in [5.74, 6) is 1.78. The Morgan fingerprint density at radius 3 is 2.56 bits per heavy atom. The number of aromatic nitrogens is 2. The van der Waals surface area contributed by atoms with Crippen molar-refractivity contribution in [2.75, 3.05) is 36.9 Å². The van der Waals surface area contributed by atoms with Gasteiger partial charge in [-0.25, -0.2) is 9.97 Å². The van der Waals surface area contributed by atoms with Crippen molar-refractivity contribution in [3.63, 3.8) is 0 Å². The number of carbonyl (C=O) groups excluding carboxylic acids is 1. The van der Waals surface area contributed by atoms with Crippen molar-refractivity contribution < 1.29 is 4.79 Å². The molecule has 1 saturated heterocycles. The summed E-state index contributed by atoms with van der Waals surface area (Å²) < 4.78 is 0. The number of amides is 1. The molecule has 0 unspecified atom stereocenters. The SMILES string of the molecule is CCN(C)c1ccc(CN2CCC(C(=O)Nc3ccc(C)cn3)CC2)cn1. The van der Waals surface area contributed by atoms with Crippen molar-refractivity contribution in [2.45, 2.75) is 33.2 Å². The number of nitrogens with zero attached hydrogens (tertiary/aromatic N) is 4. The summed E-state index contributed by atoms with van der Waals surface area (Å²) in [7, 11) is 2.05. The predicted molar refractivity (Wildman–Crippen MR) is 109 cm³/mol. The second-order valence-electron chi connectivity index (χ2n) is 7.30. The fourth-order valence-corrected chi connectivity index (χ4v) is 3.28. The molecule has 27 heavy (non-hydrogen) atoms. The molecule has 0 bridgehead atoms. The van der Waals surface area contributed by atoms with Crippen LogP contribution in [-0.2, 0) is 11.3 Å². The van der Waals surface area contributed by atoms with Crippen molar-refractivity contribution >= 4 is 17.5 Å². The number of aryl methyl sites for hydroxylation is 1. The largest absolute Gasteiger partial charge is 0.360 e. The molecule has 0 aliphatic carbocycles. The molecule has 2 aromatic rings. The van der Waals surface area contributed by atoms with Gasteiger partial charge in [-0.3, -0.25) is 9.69 Å². The van der Waals surface area contributed by atoms with Crippen LogP contribution in [-0.4, -0.2) is 47.5 Å². The first-order valence-electron chi connectivity index (χ1n) is 9.67. The number of carbonyl (C=O) groups is 1. The van der Waals surface area contributed by atoms with Crippen LogP contribution < -0.4 is 10.2 Å². The molecule has 6 heteroatoms. The van der Waals surface area contributed by atoms with Crippen LogP contribution in [0.3, 0.4) is 0 Å². The fraction of sp³-hybridized carbons (Fsp3) is 0.476. The molecular formula is C21H29N5O. The number of nitrogens with one attached hydrogen (secondary N) is 1. The quantitative estimate of drug-likeness (QED) is 0.850. The van der Waals surface area contributed by atoms with Gasteiger partial charge in [0.15, 0.2) is 0 Å². The zero-order chi connectivity index (χ0) is 19.2. The predicted octanol–water partition coefficient (Wildman–Crippen LogP) is 3.09. The number of hydrogen-bond acceptors (Lipinski definition) is 5. The van der Waals surface area contributed by atoms with Crippen molar-refractivity contribution in [1.29, 1.82) is 0 Å². The third kappa shape index (κ3) is 5.26. The van der Waals surface area contributed by atoms with Crippen molar-refractivity contribution in [3.05, 3.63) is 47.8 Å². The highest BCUT2D eigenvalue weighted by atomic mass is 16.1. The first-order valence-corrected chi connectivity index (χ1v) is 9.67. The van der Waals surface area contributed by atoms with E-state index in [-0.39, 0.29) is 11.8 Å². The number of pyridine rings is 2. The highest BCUT2D eigenvalue weighted by Crippen LogP contribution is 2.21. The van der Waals surface area contributed by atoms with Gasteiger partial charge in [0, 0.05) is 38.4 Å². The summed E-state index contributed by atoms with van der Waals surface area (Å²) in [5, 5.41) is 2.94. The van der Waals surface area contributed by atoms with E-state index in [0.717, 1.165) is 50.4 Å². The first kappa shape index (κ1) is 19.3. The second kappa shape index (κ2) is 8.95. The van der Waals surface area contributed by atoms with Gasteiger partial charge >= 0.3 is 0 Å². The Labute approximate surface area is 161 Å². The van der Waals surface area contributed by atoms with Crippen LogP contribution in [0.4, 0.5) is 11.6 Å². The molecule has 1 N–H and O–H groups in total. The van der Waals surface area contributed by atoms with E-state index in [1.165, 1.54) is 5.56 Å². The van der Waals surface area contributed by atoms with Gasteiger partial charge < -0.3 is 10.2 Å². The van der Waals surface area contributed by atoms with E-state index in [9.17, 15) is 4.79 Å². The normalized spacial score (nSPS) is 15.5. The molecule has 1 amide bonds. The molecule has 3 rings (SSSR count). The van der Waals surface area contributed by atoms with Crippen LogP contribution in [0.5, 0.6) is 0 Å². The van der Waals surface area contributed by atoms with Gasteiger partial charge in [0.05, 0.1) is 0 Å². The van der Waals surface area contributed by atoms with E-state index >= 15 is 0 Å². The second-order valence-corrected chi connectivity index (χ2v) is 7.30. The minimum atomic E-state index is 0.0584. The molecule has 0 spiro atoms. The lowest BCUT2D eigenvalue weighted by molar-refractivity contribution is -0.121. The molecule has 1 fully saturated rings. The van der Waals surface area contributed by atoms with Gasteiger partial charge in [-0.05, 0) is 63.0 Å². The van der Waals surface area contributed by atoms with E-state index in [1.807, 2.05) is 32.3 Å². The summed E-state index contributed by atoms with van der Waals surface area (Å²) in [4.78, 5) is 25.8. The van der Waals surface area contributed by atoms with Gasteiger partial charge in [-0.15, -0.1) is 0 Å². The third-order valence-electron chi connectivity index (χ3n) is 5.20. The molecule has 0 saturated carbocycles. The van der Waals surface area contributed by atoms with E-state index in [0.29, 0.717) is 5.82 Å². The van der Waals surface area contributed by atoms with E-state index in [1.54, 1.807) is 6.20 Å². The minimum absolute atomic E-state index is 0.0584. The van der Waals surface area contributed by atoms with Gasteiger partial charge in [0.2, 0.25) is 5.91 Å². The lowest BCUT2D eigenvalue weighted by atomic mass is 9.95. The number of rotatable bonds is 6. The average molecular weight is 367 g/mol. The summed E-state index contributed by atoms with van der Waals surface area (Å²) in [6.07, 6.45) is 5.49. The molecule has 2 aromatic heterocycles. The summed E-state index contributed by atoms with van der Waals surface area (Å²) in [5.41, 5.74) is 2.31. The minimum Gasteiger partial charge on any atom is -0.360 e. The fourth-order valence-electron chi connectivity index (χ4n) is 3.28. The molecule has 0 aromatic carbocycles. The third-order valence-corrected chi connectivity index (χ3v) is 5.20. The summed E-state index contributed by atoms with van der Waals surface area (Å²) >= 11 is 0. The highest BCUT2D eigenvalue weighted by Gasteiger charge is 2.25. The van der Waals surface area contributed by atoms with Gasteiger partial charge in [-0.1, -0.05) is 12.1 Å². The Morgan fingerprint density at radius 1 is 1.19 bits per heavy atom. The molecular weight excluding hydrogens is 338 g/mol. The van der Waals surface area contributed by atoms with Crippen molar-refractivity contribution in [1.82, 2.24) is 14.9 Å². The van der Waals surface area contributed by atoms with E-state index in [4.69, 9.17) is 0 Å². The number of piperidine rings is 1. The molecule has 1 aliphatic rings. The lowest BCUT2D eigenvalue weighted by Gasteiger charge is -2.31. The van der Waals surface area contributed by atoms with Gasteiger partial charge in [0.25, 0.3) is 0 Å². The zero-order valence-electron chi connectivity index (χ0n) is 16.5. The zero-order valence-corrected chi connectivity index (χ0v) is 16.5. The maximum Gasteiger partial charge on any atom is 0.228 e. The summed E-state index contributed by atoms with van der Waals surface area (Å²) in [6.45, 7) is 7.79. The van der Waals surface area contributed by atoms with Crippen LogP contribution in [0, 0.1) is 12.8 Å². The van der Waals surface area contributed by atoms with Gasteiger partial charge in [-0.2, -0.15) is 0 Å². The Bertz CT molecular complexity index is 736. The molecule has 0 atom stereocenters. The van der Waals surface area contributed by atoms with Crippen LogP contribution in [0.25, 0.3) is 0 Å². The van der Waals surface area contributed by atoms with Crippen LogP contribution in [0.2, 0.25) is 0 Å². The molecule has 3 heterocycles. The Kier molecular flexibility index (Phi) is 6.40. The van der Waals surface area contributed by atoms with E-state index in [2.05, 4.69) is 44.1 Å². The van der Waals surface area contributed by atoms with Crippen molar-refractivity contribution in [2.24, 2.45) is 5.92 Å². The van der Waals surface area contributed by atoms with Gasteiger partial charge in [0.1, 0.15) is 11.6 Å². The number of likely N-dealkylation sites (tertiary alicyclic amines) is 1. The lowest BCUT2D eigenvalue weighted by Crippen LogP contribution is -2.37. The smallest absolute Gasteiger partial charge is 0.228 e. The molecule has 144 valence electrons. The number of anilines is 2. The Morgan fingerprint density at radius 2 is 1.96 bits per heavy atom. The summed E-state index contributed by atoms with van der Waals surface area (Å²) in [6, 6.07) is 8.04. The first-order chi connectivity index (χ1) is 13.0. The molecule has 0 radical (unpaired) electrons. The molecule has 6 nitrogen and oxygen atoms in total. The van der Waals surface area contributed by atoms with Crippen LogP contribution >= 0.6 is 0 Å². The van der Waals surface area contributed by atoms with Crippen LogP contribution in [0.15, 0.2) is 36.7 Å². The monoisotopic (exact) mass is 367 g/mol.